The summed E-state index contributed by atoms with van der Waals surface area (Å²) in [4.78, 5) is 20.0. The maximum Gasteiger partial charge on any atom is 0.258 e. The highest BCUT2D eigenvalue weighted by Crippen LogP contribution is 2.49. The van der Waals surface area contributed by atoms with E-state index in [1.54, 1.807) is 11.8 Å². The summed E-state index contributed by atoms with van der Waals surface area (Å²) in [5, 5.41) is 0.921. The highest BCUT2D eigenvalue weighted by atomic mass is 32.2. The summed E-state index contributed by atoms with van der Waals surface area (Å²) in [5.41, 5.74) is 4.53. The van der Waals surface area contributed by atoms with Crippen molar-refractivity contribution in [3.05, 3.63) is 45.7 Å². The number of nitrogens with zero attached hydrogens (tertiary/aromatic N) is 2. The molecule has 1 saturated carbocycles. The molecule has 0 amide bonds. The summed E-state index contributed by atoms with van der Waals surface area (Å²) in [5.74, 6) is 1.01. The summed E-state index contributed by atoms with van der Waals surface area (Å²) in [6.45, 7) is 7.25. The number of aromatic nitrogens is 2. The molecule has 0 N–H and O–H groups in total. The quantitative estimate of drug-likeness (QED) is 0.252. The van der Waals surface area contributed by atoms with E-state index in [1.165, 1.54) is 43.2 Å². The molecule has 1 atom stereocenters. The number of ether oxygens (including phenoxy) is 1. The lowest BCUT2D eigenvalue weighted by molar-refractivity contribution is -0.0710. The zero-order valence-electron chi connectivity index (χ0n) is 21.2. The smallest absolute Gasteiger partial charge is 0.258 e. The molecule has 4 nitrogen and oxygen atoms in total. The number of unbranched alkanes of at least 4 members (excludes halogenated alkanes) is 2. The Kier molecular flexibility index (Phi) is 6.96. The van der Waals surface area contributed by atoms with E-state index < -0.39 is 0 Å². The molecule has 1 aromatic heterocycles. The van der Waals surface area contributed by atoms with Gasteiger partial charge in [0.25, 0.3) is 5.56 Å². The average Bonchev–Trinajstić information content (AvgIpc) is 2.81. The van der Waals surface area contributed by atoms with E-state index in [2.05, 4.69) is 49.6 Å². The van der Waals surface area contributed by atoms with Crippen molar-refractivity contribution >= 4 is 11.8 Å². The molecule has 0 bridgehead atoms. The Balaban J connectivity index is 1.68. The Morgan fingerprint density at radius 2 is 1.94 bits per heavy atom. The molecule has 1 spiro atoms. The van der Waals surface area contributed by atoms with Crippen LogP contribution < -0.4 is 5.56 Å². The predicted octanol–water partition coefficient (Wildman–Crippen LogP) is 7.08. The molecular formula is C29H40N2O2S. The summed E-state index contributed by atoms with van der Waals surface area (Å²) in [6.07, 6.45) is 12.2. The van der Waals surface area contributed by atoms with Crippen molar-refractivity contribution in [2.24, 2.45) is 0 Å². The van der Waals surface area contributed by atoms with Crippen molar-refractivity contribution < 1.29 is 4.74 Å². The second-order valence-electron chi connectivity index (χ2n) is 11.3. The van der Waals surface area contributed by atoms with Crippen LogP contribution in [0.2, 0.25) is 0 Å². The molecule has 5 rings (SSSR count). The van der Waals surface area contributed by atoms with Crippen molar-refractivity contribution in [2.45, 2.75) is 114 Å². The van der Waals surface area contributed by atoms with Gasteiger partial charge in [-0.1, -0.05) is 75.1 Å². The lowest BCUT2D eigenvalue weighted by Crippen LogP contribution is -2.45. The summed E-state index contributed by atoms with van der Waals surface area (Å²) in [6, 6.07) is 8.84. The van der Waals surface area contributed by atoms with E-state index in [9.17, 15) is 4.79 Å². The summed E-state index contributed by atoms with van der Waals surface area (Å²) in [7, 11) is 0. The van der Waals surface area contributed by atoms with E-state index >= 15 is 0 Å². The SMILES string of the molecule is CCCCCSc1nc2c(c(=O)n1[C@H]1CCOC(C)(C)C1)C1(CCCCC1)Cc1ccccc1-2. The standard InChI is InChI=1S/C29H40N2O2S/c1-4-5-11-18-34-27-30-25-23-13-8-7-12-21(23)19-29(15-9-6-10-16-29)24(25)26(32)31(27)22-14-17-33-28(2,3)20-22/h7-8,12-13,22H,4-6,9-11,14-20H2,1-3H3/t22-/m0/s1. The van der Waals surface area contributed by atoms with Crippen LogP contribution in [-0.4, -0.2) is 27.5 Å². The second-order valence-corrected chi connectivity index (χ2v) is 12.3. The number of rotatable bonds is 6. The van der Waals surface area contributed by atoms with Gasteiger partial charge in [0, 0.05) is 29.4 Å². The van der Waals surface area contributed by atoms with Crippen molar-refractivity contribution in [2.75, 3.05) is 12.4 Å². The van der Waals surface area contributed by atoms with Gasteiger partial charge in [0.05, 0.1) is 16.9 Å². The van der Waals surface area contributed by atoms with Crippen LogP contribution in [-0.2, 0) is 16.6 Å². The highest BCUT2D eigenvalue weighted by molar-refractivity contribution is 7.99. The molecule has 184 valence electrons. The maximum absolute atomic E-state index is 14.6. The molecule has 1 aromatic carbocycles. The first-order valence-electron chi connectivity index (χ1n) is 13.5. The van der Waals surface area contributed by atoms with Crippen LogP contribution in [0.25, 0.3) is 11.3 Å². The minimum atomic E-state index is -0.211. The Bertz CT molecular complexity index is 1080. The van der Waals surface area contributed by atoms with Gasteiger partial charge in [-0.2, -0.15) is 0 Å². The molecule has 5 heteroatoms. The third-order valence-corrected chi connectivity index (χ3v) is 9.28. The van der Waals surface area contributed by atoms with Crippen molar-refractivity contribution in [3.8, 4) is 11.3 Å². The normalized spacial score (nSPS) is 22.9. The molecule has 2 heterocycles. The first-order chi connectivity index (χ1) is 16.4. The van der Waals surface area contributed by atoms with Gasteiger partial charge in [0.1, 0.15) is 0 Å². The fraction of sp³-hybridized carbons (Fsp3) is 0.655. The Labute approximate surface area is 208 Å². The monoisotopic (exact) mass is 480 g/mol. The van der Waals surface area contributed by atoms with Crippen LogP contribution in [0.5, 0.6) is 0 Å². The molecule has 1 saturated heterocycles. The van der Waals surface area contributed by atoms with Gasteiger partial charge in [-0.05, 0) is 57.9 Å². The highest BCUT2D eigenvalue weighted by Gasteiger charge is 2.44. The van der Waals surface area contributed by atoms with Crippen molar-refractivity contribution in [1.82, 2.24) is 9.55 Å². The van der Waals surface area contributed by atoms with Gasteiger partial charge in [0.15, 0.2) is 5.16 Å². The first kappa shape index (κ1) is 24.1. The van der Waals surface area contributed by atoms with Gasteiger partial charge in [-0.25, -0.2) is 4.98 Å². The number of benzene rings is 1. The van der Waals surface area contributed by atoms with Crippen molar-refractivity contribution in [3.63, 3.8) is 0 Å². The van der Waals surface area contributed by atoms with E-state index in [0.29, 0.717) is 6.61 Å². The topological polar surface area (TPSA) is 44.1 Å². The van der Waals surface area contributed by atoms with Gasteiger partial charge in [-0.15, -0.1) is 0 Å². The molecular weight excluding hydrogens is 440 g/mol. The maximum atomic E-state index is 14.6. The molecule has 2 fully saturated rings. The van der Waals surface area contributed by atoms with Crippen LogP contribution in [0, 0.1) is 0 Å². The minimum absolute atomic E-state index is 0.0557. The van der Waals surface area contributed by atoms with Gasteiger partial charge in [-0.3, -0.25) is 9.36 Å². The third kappa shape index (κ3) is 4.51. The van der Waals surface area contributed by atoms with Gasteiger partial charge < -0.3 is 4.74 Å². The third-order valence-electron chi connectivity index (χ3n) is 8.24. The Hall–Kier alpha value is -1.59. The fourth-order valence-electron chi connectivity index (χ4n) is 6.56. The van der Waals surface area contributed by atoms with Crippen LogP contribution in [0.1, 0.15) is 102 Å². The van der Waals surface area contributed by atoms with Crippen LogP contribution >= 0.6 is 11.8 Å². The summed E-state index contributed by atoms with van der Waals surface area (Å²) >= 11 is 1.79. The van der Waals surface area contributed by atoms with E-state index in [1.807, 2.05) is 0 Å². The molecule has 2 aliphatic carbocycles. The second kappa shape index (κ2) is 9.81. The number of thioether (sulfide) groups is 1. The fourth-order valence-corrected chi connectivity index (χ4v) is 7.62. The zero-order chi connectivity index (χ0) is 23.8. The lowest BCUT2D eigenvalue weighted by atomic mass is 9.62. The van der Waals surface area contributed by atoms with Crippen LogP contribution in [0.15, 0.2) is 34.2 Å². The lowest BCUT2D eigenvalue weighted by Gasteiger charge is -2.43. The molecule has 2 aromatic rings. The van der Waals surface area contributed by atoms with Gasteiger partial charge in [0.2, 0.25) is 0 Å². The van der Waals surface area contributed by atoms with E-state index in [-0.39, 0.29) is 22.6 Å². The Morgan fingerprint density at radius 1 is 1.15 bits per heavy atom. The predicted molar refractivity (Wildman–Crippen MR) is 141 cm³/mol. The largest absolute Gasteiger partial charge is 0.375 e. The van der Waals surface area contributed by atoms with Crippen molar-refractivity contribution in [1.29, 1.82) is 0 Å². The summed E-state index contributed by atoms with van der Waals surface area (Å²) < 4.78 is 8.15. The Morgan fingerprint density at radius 3 is 2.71 bits per heavy atom. The molecule has 1 aliphatic heterocycles. The molecule has 3 aliphatic rings. The number of hydrogen-bond donors (Lipinski definition) is 0. The van der Waals surface area contributed by atoms with Crippen LogP contribution in [0.4, 0.5) is 0 Å². The average molecular weight is 481 g/mol. The van der Waals surface area contributed by atoms with Crippen LogP contribution in [0.3, 0.4) is 0 Å². The number of fused-ring (bicyclic) bond motifs is 4. The molecule has 0 radical (unpaired) electrons. The van der Waals surface area contributed by atoms with E-state index in [0.717, 1.165) is 60.7 Å². The van der Waals surface area contributed by atoms with Gasteiger partial charge >= 0.3 is 0 Å². The minimum Gasteiger partial charge on any atom is -0.375 e. The zero-order valence-corrected chi connectivity index (χ0v) is 22.0. The first-order valence-corrected chi connectivity index (χ1v) is 14.4. The molecule has 0 unspecified atom stereocenters. The van der Waals surface area contributed by atoms with E-state index in [4.69, 9.17) is 9.72 Å². The molecule has 34 heavy (non-hydrogen) atoms. The number of hydrogen-bond acceptors (Lipinski definition) is 4.